The summed E-state index contributed by atoms with van der Waals surface area (Å²) in [5, 5.41) is 10.6. The Morgan fingerprint density at radius 2 is 1.80 bits per heavy atom. The number of benzene rings is 1. The van der Waals surface area contributed by atoms with Crippen LogP contribution in [0.3, 0.4) is 0 Å². The van der Waals surface area contributed by atoms with Gasteiger partial charge in [0.25, 0.3) is 0 Å². The lowest BCUT2D eigenvalue weighted by Crippen LogP contribution is -2.36. The van der Waals surface area contributed by atoms with Gasteiger partial charge >= 0.3 is 0 Å². The Morgan fingerprint density at radius 3 is 2.30 bits per heavy atom. The van der Waals surface area contributed by atoms with Gasteiger partial charge in [0.15, 0.2) is 0 Å². The molecule has 1 saturated heterocycles. The van der Waals surface area contributed by atoms with E-state index in [1.54, 1.807) is 0 Å². The van der Waals surface area contributed by atoms with Gasteiger partial charge in [0, 0.05) is 5.92 Å². The molecule has 1 aliphatic heterocycles. The van der Waals surface area contributed by atoms with Crippen LogP contribution in [0.2, 0.25) is 0 Å². The van der Waals surface area contributed by atoms with Crippen LogP contribution in [-0.2, 0) is 11.2 Å². The highest BCUT2D eigenvalue weighted by Crippen LogP contribution is 2.44. The summed E-state index contributed by atoms with van der Waals surface area (Å²) in [4.78, 5) is 0. The summed E-state index contributed by atoms with van der Waals surface area (Å²) < 4.78 is 6.08. The van der Waals surface area contributed by atoms with Crippen molar-refractivity contribution in [1.82, 2.24) is 0 Å². The summed E-state index contributed by atoms with van der Waals surface area (Å²) in [6, 6.07) is 8.57. The molecular weight excluding hydrogens is 248 g/mol. The van der Waals surface area contributed by atoms with Gasteiger partial charge in [0.1, 0.15) is 0 Å². The number of ether oxygens (including phenoxy) is 1. The van der Waals surface area contributed by atoms with Crippen molar-refractivity contribution in [2.75, 3.05) is 0 Å². The zero-order chi connectivity index (χ0) is 15.0. The Bertz CT molecular complexity index is 445. The zero-order valence-electron chi connectivity index (χ0n) is 13.4. The van der Waals surface area contributed by atoms with Gasteiger partial charge in [-0.3, -0.25) is 0 Å². The van der Waals surface area contributed by atoms with E-state index in [1.165, 1.54) is 11.1 Å². The van der Waals surface area contributed by atoms with Crippen LogP contribution in [0.5, 0.6) is 0 Å². The molecule has 2 atom stereocenters. The number of aliphatic hydroxyl groups is 1. The minimum atomic E-state index is -0.298. The molecule has 2 heteroatoms. The average molecular weight is 276 g/mol. The van der Waals surface area contributed by atoms with Crippen molar-refractivity contribution in [3.63, 3.8) is 0 Å². The summed E-state index contributed by atoms with van der Waals surface area (Å²) in [7, 11) is 0. The molecule has 0 aliphatic carbocycles. The molecule has 20 heavy (non-hydrogen) atoms. The lowest BCUT2D eigenvalue weighted by molar-refractivity contribution is -0.0880. The van der Waals surface area contributed by atoms with Gasteiger partial charge in [-0.25, -0.2) is 0 Å². The van der Waals surface area contributed by atoms with E-state index in [9.17, 15) is 5.11 Å². The molecule has 0 amide bonds. The highest BCUT2D eigenvalue weighted by atomic mass is 16.5. The Hall–Kier alpha value is -0.860. The fourth-order valence-corrected chi connectivity index (χ4v) is 3.47. The van der Waals surface area contributed by atoms with Crippen molar-refractivity contribution in [3.05, 3.63) is 35.4 Å². The van der Waals surface area contributed by atoms with Crippen LogP contribution in [0.15, 0.2) is 24.3 Å². The van der Waals surface area contributed by atoms with Crippen molar-refractivity contribution >= 4 is 0 Å². The molecule has 0 saturated carbocycles. The lowest BCUT2D eigenvalue weighted by Gasteiger charge is -2.30. The van der Waals surface area contributed by atoms with Crippen molar-refractivity contribution in [3.8, 4) is 0 Å². The molecule has 0 radical (unpaired) electrons. The summed E-state index contributed by atoms with van der Waals surface area (Å²) in [5.41, 5.74) is 2.21. The predicted octanol–water partition coefficient (Wildman–Crippen LogP) is 3.88. The Morgan fingerprint density at radius 1 is 1.20 bits per heavy atom. The third-order valence-corrected chi connectivity index (χ3v) is 4.46. The summed E-state index contributed by atoms with van der Waals surface area (Å²) in [6.45, 7) is 10.5. The molecule has 2 rings (SSSR count). The molecule has 0 bridgehead atoms. The predicted molar refractivity (Wildman–Crippen MR) is 82.9 cm³/mol. The fourth-order valence-electron chi connectivity index (χ4n) is 3.47. The number of hydrogen-bond donors (Lipinski definition) is 1. The molecule has 2 unspecified atom stereocenters. The van der Waals surface area contributed by atoms with Crippen LogP contribution >= 0.6 is 0 Å². The lowest BCUT2D eigenvalue weighted by atomic mass is 9.81. The van der Waals surface area contributed by atoms with Gasteiger partial charge in [-0.2, -0.15) is 0 Å². The van der Waals surface area contributed by atoms with Gasteiger partial charge in [-0.05, 0) is 59.4 Å². The first-order chi connectivity index (χ1) is 9.20. The highest BCUT2D eigenvalue weighted by Gasteiger charge is 2.48. The maximum atomic E-state index is 10.6. The standard InChI is InChI=1S/C18H28O2/c1-13-6-8-14(9-7-13)10-11-16(19)15-12-17(2,3)20-18(15,4)5/h6-9,15-16,19H,10-12H2,1-5H3. The first-order valence-corrected chi connectivity index (χ1v) is 7.63. The van der Waals surface area contributed by atoms with Crippen LogP contribution in [0.25, 0.3) is 0 Å². The fraction of sp³-hybridized carbons (Fsp3) is 0.667. The minimum Gasteiger partial charge on any atom is -0.393 e. The van der Waals surface area contributed by atoms with Crippen LogP contribution in [0.4, 0.5) is 0 Å². The minimum absolute atomic E-state index is 0.126. The topological polar surface area (TPSA) is 29.5 Å². The first kappa shape index (κ1) is 15.5. The molecular formula is C18H28O2. The molecule has 1 aromatic carbocycles. The van der Waals surface area contributed by atoms with E-state index in [2.05, 4.69) is 58.9 Å². The maximum Gasteiger partial charge on any atom is 0.0687 e. The van der Waals surface area contributed by atoms with E-state index in [0.29, 0.717) is 0 Å². The van der Waals surface area contributed by atoms with Gasteiger partial charge in [0.05, 0.1) is 17.3 Å². The second kappa shape index (κ2) is 5.50. The Balaban J connectivity index is 1.95. The number of rotatable bonds is 4. The van der Waals surface area contributed by atoms with E-state index in [-0.39, 0.29) is 23.2 Å². The van der Waals surface area contributed by atoms with Crippen LogP contribution < -0.4 is 0 Å². The average Bonchev–Trinajstić information content (AvgIpc) is 2.56. The molecule has 112 valence electrons. The second-order valence-electron chi connectivity index (χ2n) is 7.37. The monoisotopic (exact) mass is 276 g/mol. The SMILES string of the molecule is Cc1ccc(CCC(O)C2CC(C)(C)OC2(C)C)cc1. The van der Waals surface area contributed by atoms with Crippen molar-refractivity contribution in [2.24, 2.45) is 5.92 Å². The van der Waals surface area contributed by atoms with Gasteiger partial charge in [0.2, 0.25) is 0 Å². The molecule has 1 fully saturated rings. The van der Waals surface area contributed by atoms with Gasteiger partial charge in [-0.1, -0.05) is 29.8 Å². The van der Waals surface area contributed by atoms with Crippen molar-refractivity contribution in [2.45, 2.75) is 71.2 Å². The van der Waals surface area contributed by atoms with E-state index >= 15 is 0 Å². The summed E-state index contributed by atoms with van der Waals surface area (Å²) >= 11 is 0. The Labute approximate surface area is 123 Å². The van der Waals surface area contributed by atoms with Crippen LogP contribution in [-0.4, -0.2) is 22.4 Å². The number of aryl methyl sites for hydroxylation is 2. The molecule has 1 aromatic rings. The largest absolute Gasteiger partial charge is 0.393 e. The first-order valence-electron chi connectivity index (χ1n) is 7.63. The smallest absolute Gasteiger partial charge is 0.0687 e. The highest BCUT2D eigenvalue weighted by molar-refractivity contribution is 5.21. The molecule has 0 spiro atoms. The van der Waals surface area contributed by atoms with Crippen molar-refractivity contribution < 1.29 is 9.84 Å². The van der Waals surface area contributed by atoms with Crippen molar-refractivity contribution in [1.29, 1.82) is 0 Å². The third-order valence-electron chi connectivity index (χ3n) is 4.46. The molecule has 1 N–H and O–H groups in total. The summed E-state index contributed by atoms with van der Waals surface area (Å²) in [5.74, 6) is 0.211. The van der Waals surface area contributed by atoms with E-state index < -0.39 is 0 Å². The molecule has 1 heterocycles. The number of hydrogen-bond acceptors (Lipinski definition) is 2. The quantitative estimate of drug-likeness (QED) is 0.904. The number of aliphatic hydroxyl groups excluding tert-OH is 1. The zero-order valence-corrected chi connectivity index (χ0v) is 13.4. The van der Waals surface area contributed by atoms with Gasteiger partial charge < -0.3 is 9.84 Å². The van der Waals surface area contributed by atoms with Crippen LogP contribution in [0.1, 0.15) is 51.7 Å². The molecule has 2 nitrogen and oxygen atoms in total. The Kier molecular flexibility index (Phi) is 4.27. The molecule has 1 aliphatic rings. The van der Waals surface area contributed by atoms with Gasteiger partial charge in [-0.15, -0.1) is 0 Å². The maximum absolute atomic E-state index is 10.6. The van der Waals surface area contributed by atoms with Crippen LogP contribution in [0, 0.1) is 12.8 Å². The normalized spacial score (nSPS) is 25.6. The second-order valence-corrected chi connectivity index (χ2v) is 7.37. The third kappa shape index (κ3) is 3.62. The molecule has 0 aromatic heterocycles. The van der Waals surface area contributed by atoms with E-state index in [0.717, 1.165) is 19.3 Å². The van der Waals surface area contributed by atoms with E-state index in [4.69, 9.17) is 4.74 Å². The summed E-state index contributed by atoms with van der Waals surface area (Å²) in [6.07, 6.45) is 2.35. The van der Waals surface area contributed by atoms with E-state index in [1.807, 2.05) is 0 Å².